The highest BCUT2D eigenvalue weighted by Gasteiger charge is 2.27. The zero-order valence-corrected chi connectivity index (χ0v) is 25.7. The van der Waals surface area contributed by atoms with Crippen LogP contribution in [0.1, 0.15) is 15.9 Å². The highest BCUT2D eigenvalue weighted by Crippen LogP contribution is 2.43. The van der Waals surface area contributed by atoms with Crippen molar-refractivity contribution in [3.8, 4) is 39.7 Å². The molecule has 0 fully saturated rings. The molecule has 9 nitrogen and oxygen atoms in total. The molecule has 1 N–H and O–H groups in total. The van der Waals surface area contributed by atoms with Crippen LogP contribution >= 0.6 is 0 Å². The van der Waals surface area contributed by atoms with E-state index in [0.717, 1.165) is 16.1 Å². The third-order valence-electron chi connectivity index (χ3n) is 7.64. The van der Waals surface area contributed by atoms with Crippen LogP contribution in [0.3, 0.4) is 0 Å². The molecule has 0 aliphatic carbocycles. The fraction of sp³-hybridized carbons (Fsp3) is 0.152. The minimum atomic E-state index is -3.76. The molecule has 0 aliphatic heterocycles. The molecule has 0 atom stereocenters. The van der Waals surface area contributed by atoms with Gasteiger partial charge in [-0.05, 0) is 66.6 Å². The summed E-state index contributed by atoms with van der Waals surface area (Å²) in [6.07, 6.45) is 1.07. The SMILES string of the molecule is CNC(=O)c1c(-c2ccc(F)cc2)oc2cc(N(C)S(C)(=O)=O)c(-c3ccc(OC)c(-c4nc5c(C)ccc(F)c5o4)c3)cc12. The second-order valence-electron chi connectivity index (χ2n) is 10.5. The minimum Gasteiger partial charge on any atom is -0.496 e. The quantitative estimate of drug-likeness (QED) is 0.203. The number of anilines is 1. The molecule has 12 heteroatoms. The molecule has 2 aromatic heterocycles. The molecular formula is C33H27F2N3O6S. The molecule has 0 radical (unpaired) electrons. The Balaban J connectivity index is 1.64. The van der Waals surface area contributed by atoms with Crippen molar-refractivity contribution in [1.82, 2.24) is 10.3 Å². The largest absolute Gasteiger partial charge is 0.496 e. The van der Waals surface area contributed by atoms with Crippen LogP contribution in [0.5, 0.6) is 5.75 Å². The lowest BCUT2D eigenvalue weighted by Crippen LogP contribution is -2.25. The summed E-state index contributed by atoms with van der Waals surface area (Å²) in [7, 11) is 0.586. The van der Waals surface area contributed by atoms with Crippen molar-refractivity contribution in [2.24, 2.45) is 0 Å². The molecule has 45 heavy (non-hydrogen) atoms. The normalized spacial score (nSPS) is 11.7. The van der Waals surface area contributed by atoms with Gasteiger partial charge in [0, 0.05) is 36.7 Å². The summed E-state index contributed by atoms with van der Waals surface area (Å²) in [5, 5.41) is 3.02. The Morgan fingerprint density at radius 2 is 1.67 bits per heavy atom. The number of carbonyl (C=O) groups is 1. The number of furan rings is 1. The van der Waals surface area contributed by atoms with Gasteiger partial charge in [0.15, 0.2) is 11.4 Å². The summed E-state index contributed by atoms with van der Waals surface area (Å²) < 4.78 is 72.6. The van der Waals surface area contributed by atoms with Gasteiger partial charge in [0.2, 0.25) is 15.9 Å². The van der Waals surface area contributed by atoms with Crippen LogP contribution in [-0.2, 0) is 10.0 Å². The number of fused-ring (bicyclic) bond motifs is 2. The van der Waals surface area contributed by atoms with Gasteiger partial charge in [-0.3, -0.25) is 9.10 Å². The van der Waals surface area contributed by atoms with E-state index in [9.17, 15) is 22.0 Å². The van der Waals surface area contributed by atoms with Gasteiger partial charge in [-0.15, -0.1) is 0 Å². The number of halogens is 2. The van der Waals surface area contributed by atoms with E-state index in [1.165, 1.54) is 57.6 Å². The van der Waals surface area contributed by atoms with Gasteiger partial charge in [-0.25, -0.2) is 22.2 Å². The number of nitrogens with zero attached hydrogens (tertiary/aromatic N) is 2. The summed E-state index contributed by atoms with van der Waals surface area (Å²) in [5.41, 5.74) is 3.55. The Morgan fingerprint density at radius 1 is 0.956 bits per heavy atom. The predicted molar refractivity (Wildman–Crippen MR) is 168 cm³/mol. The van der Waals surface area contributed by atoms with Gasteiger partial charge in [0.05, 0.1) is 30.2 Å². The van der Waals surface area contributed by atoms with E-state index in [1.54, 1.807) is 37.3 Å². The van der Waals surface area contributed by atoms with Crippen LogP contribution in [0.25, 0.3) is 56.0 Å². The van der Waals surface area contributed by atoms with Gasteiger partial charge in [0.25, 0.3) is 5.91 Å². The van der Waals surface area contributed by atoms with E-state index in [-0.39, 0.29) is 34.1 Å². The maximum absolute atomic E-state index is 14.6. The Labute approximate surface area is 257 Å². The topological polar surface area (TPSA) is 115 Å². The minimum absolute atomic E-state index is 0.00156. The van der Waals surface area contributed by atoms with Crippen molar-refractivity contribution >= 4 is 43.7 Å². The first kappa shape index (κ1) is 29.8. The number of carbonyl (C=O) groups excluding carboxylic acids is 1. The fourth-order valence-corrected chi connectivity index (χ4v) is 5.73. The van der Waals surface area contributed by atoms with Crippen molar-refractivity contribution < 1.29 is 35.6 Å². The summed E-state index contributed by atoms with van der Waals surface area (Å²) in [6, 6.07) is 16.7. The number of sulfonamides is 1. The molecule has 0 saturated heterocycles. The molecule has 6 aromatic rings. The maximum Gasteiger partial charge on any atom is 0.255 e. The first-order valence-corrected chi connectivity index (χ1v) is 15.5. The number of benzene rings is 4. The number of hydrogen-bond donors (Lipinski definition) is 1. The van der Waals surface area contributed by atoms with Crippen molar-refractivity contribution in [2.45, 2.75) is 6.92 Å². The zero-order chi connectivity index (χ0) is 32.2. The van der Waals surface area contributed by atoms with E-state index in [1.807, 2.05) is 0 Å². The van der Waals surface area contributed by atoms with Crippen molar-refractivity contribution in [3.63, 3.8) is 0 Å². The molecule has 0 saturated carbocycles. The Kier molecular flexibility index (Phi) is 7.32. The number of nitrogens with one attached hydrogen (secondary N) is 1. The number of rotatable bonds is 7. The van der Waals surface area contributed by atoms with Crippen molar-refractivity contribution in [2.75, 3.05) is 31.8 Å². The number of aromatic nitrogens is 1. The Hall–Kier alpha value is -5.23. The molecule has 0 unspecified atom stereocenters. The lowest BCUT2D eigenvalue weighted by Gasteiger charge is -2.21. The highest BCUT2D eigenvalue weighted by atomic mass is 32.2. The number of methoxy groups -OCH3 is 1. The second-order valence-corrected chi connectivity index (χ2v) is 12.5. The van der Waals surface area contributed by atoms with Crippen LogP contribution in [-0.4, -0.2) is 46.8 Å². The smallest absolute Gasteiger partial charge is 0.255 e. The number of oxazole rings is 1. The first-order valence-electron chi connectivity index (χ1n) is 13.7. The van der Waals surface area contributed by atoms with Crippen LogP contribution in [0, 0.1) is 18.6 Å². The monoisotopic (exact) mass is 631 g/mol. The number of ether oxygens (including phenoxy) is 1. The lowest BCUT2D eigenvalue weighted by atomic mass is 9.97. The highest BCUT2D eigenvalue weighted by molar-refractivity contribution is 7.92. The maximum atomic E-state index is 14.6. The Bertz CT molecular complexity index is 2200. The van der Waals surface area contributed by atoms with Crippen molar-refractivity contribution in [3.05, 3.63) is 89.5 Å². The van der Waals surface area contributed by atoms with Crippen LogP contribution in [0.15, 0.2) is 75.6 Å². The summed E-state index contributed by atoms with van der Waals surface area (Å²) in [5.74, 6) is -0.802. The standard InChI is InChI=1S/C33H27F2N3O6S/c1-17-6-12-24(35)31-29(17)37-33(44-31)23-14-19(9-13-26(23)42-4)21-15-22-27(16-25(21)38(3)45(5,40)41)43-30(28(22)32(39)36-2)18-7-10-20(34)11-8-18/h6-16H,1-5H3,(H,36,39). The third kappa shape index (κ3) is 5.16. The second kappa shape index (κ2) is 11.0. The molecule has 0 spiro atoms. The molecule has 0 bridgehead atoms. The molecule has 2 heterocycles. The molecule has 4 aromatic carbocycles. The fourth-order valence-electron chi connectivity index (χ4n) is 5.22. The summed E-state index contributed by atoms with van der Waals surface area (Å²) >= 11 is 0. The van der Waals surface area contributed by atoms with Crippen molar-refractivity contribution in [1.29, 1.82) is 0 Å². The third-order valence-corrected chi connectivity index (χ3v) is 8.83. The summed E-state index contributed by atoms with van der Waals surface area (Å²) in [6.45, 7) is 1.79. The summed E-state index contributed by atoms with van der Waals surface area (Å²) in [4.78, 5) is 17.8. The molecule has 230 valence electrons. The van der Waals surface area contributed by atoms with E-state index in [2.05, 4.69) is 10.3 Å². The number of aryl methyl sites for hydroxylation is 1. The average Bonchev–Trinajstić information content (AvgIpc) is 3.64. The predicted octanol–water partition coefficient (Wildman–Crippen LogP) is 6.93. The van der Waals surface area contributed by atoms with Gasteiger partial charge < -0.3 is 18.9 Å². The molecule has 0 aliphatic rings. The average molecular weight is 632 g/mol. The van der Waals surface area contributed by atoms with Crippen LogP contribution in [0.2, 0.25) is 0 Å². The first-order chi connectivity index (χ1) is 21.4. The van der Waals surface area contributed by atoms with E-state index in [4.69, 9.17) is 13.6 Å². The van der Waals surface area contributed by atoms with E-state index >= 15 is 0 Å². The molecular weight excluding hydrogens is 604 g/mol. The number of amides is 1. The van der Waals surface area contributed by atoms with E-state index < -0.39 is 27.6 Å². The molecule has 1 amide bonds. The Morgan fingerprint density at radius 3 is 2.31 bits per heavy atom. The van der Waals surface area contributed by atoms with Crippen LogP contribution < -0.4 is 14.4 Å². The van der Waals surface area contributed by atoms with Gasteiger partial charge in [-0.2, -0.15) is 0 Å². The molecule has 6 rings (SSSR count). The van der Waals surface area contributed by atoms with Gasteiger partial charge in [0.1, 0.15) is 28.4 Å². The van der Waals surface area contributed by atoms with Crippen LogP contribution in [0.4, 0.5) is 14.5 Å². The van der Waals surface area contributed by atoms with E-state index in [0.29, 0.717) is 38.9 Å². The number of hydrogen-bond acceptors (Lipinski definition) is 7. The van der Waals surface area contributed by atoms with Gasteiger partial charge >= 0.3 is 0 Å². The lowest BCUT2D eigenvalue weighted by molar-refractivity contribution is 0.0964. The van der Waals surface area contributed by atoms with Gasteiger partial charge in [-0.1, -0.05) is 12.1 Å². The zero-order valence-electron chi connectivity index (χ0n) is 24.9.